The van der Waals surface area contributed by atoms with Crippen molar-refractivity contribution in [3.8, 4) is 6.07 Å². The van der Waals surface area contributed by atoms with E-state index in [1.807, 2.05) is 38.1 Å². The highest BCUT2D eigenvalue weighted by molar-refractivity contribution is 9.10. The first-order valence-corrected chi connectivity index (χ1v) is 5.91. The van der Waals surface area contributed by atoms with Gasteiger partial charge in [-0.25, -0.2) is 0 Å². The van der Waals surface area contributed by atoms with Gasteiger partial charge in [0.15, 0.2) is 0 Å². The molecule has 16 heavy (non-hydrogen) atoms. The molecule has 0 spiro atoms. The van der Waals surface area contributed by atoms with Crippen molar-refractivity contribution in [1.29, 1.82) is 5.26 Å². The van der Waals surface area contributed by atoms with Crippen LogP contribution in [-0.4, -0.2) is 18.8 Å². The number of anilines is 1. The zero-order valence-corrected chi connectivity index (χ0v) is 11.0. The van der Waals surface area contributed by atoms with Crippen molar-refractivity contribution >= 4 is 21.6 Å². The number of nitriles is 1. The van der Waals surface area contributed by atoms with Crippen molar-refractivity contribution in [3.63, 3.8) is 0 Å². The molecule has 0 amide bonds. The van der Waals surface area contributed by atoms with Crippen LogP contribution >= 0.6 is 15.9 Å². The minimum Gasteiger partial charge on any atom is -0.378 e. The number of hydrogen-bond donors (Lipinski definition) is 1. The van der Waals surface area contributed by atoms with Gasteiger partial charge >= 0.3 is 0 Å². The van der Waals surface area contributed by atoms with Gasteiger partial charge in [-0.3, -0.25) is 0 Å². The molecule has 0 fully saturated rings. The summed E-state index contributed by atoms with van der Waals surface area (Å²) >= 11 is 3.37. The van der Waals surface area contributed by atoms with Gasteiger partial charge in [0, 0.05) is 16.8 Å². The van der Waals surface area contributed by atoms with E-state index in [1.54, 1.807) is 0 Å². The van der Waals surface area contributed by atoms with Crippen LogP contribution in [0.15, 0.2) is 28.7 Å². The molecule has 0 heterocycles. The third-order valence-corrected chi connectivity index (χ3v) is 2.63. The molecule has 1 rings (SSSR count). The normalized spacial score (nSPS) is 13.9. The fourth-order valence-corrected chi connectivity index (χ4v) is 1.52. The van der Waals surface area contributed by atoms with Crippen LogP contribution in [0.5, 0.6) is 0 Å². The van der Waals surface area contributed by atoms with Crippen LogP contribution < -0.4 is 5.32 Å². The number of nitrogens with zero attached hydrogens (tertiary/aromatic N) is 1. The lowest BCUT2D eigenvalue weighted by molar-refractivity contribution is 0.125. The molecule has 1 N–H and O–H groups in total. The first-order valence-electron chi connectivity index (χ1n) is 5.12. The third kappa shape index (κ3) is 3.84. The van der Waals surface area contributed by atoms with Crippen LogP contribution in [0.4, 0.5) is 5.69 Å². The summed E-state index contributed by atoms with van der Waals surface area (Å²) in [6.45, 7) is 4.72. The second kappa shape index (κ2) is 5.88. The Labute approximate surface area is 105 Å². The lowest BCUT2D eigenvalue weighted by Gasteiger charge is -2.24. The number of benzene rings is 1. The maximum absolute atomic E-state index is 9.13. The Morgan fingerprint density at radius 1 is 1.44 bits per heavy atom. The average Bonchev–Trinajstić information content (AvgIpc) is 2.30. The van der Waals surface area contributed by atoms with Crippen LogP contribution in [0, 0.1) is 11.3 Å². The quantitative estimate of drug-likeness (QED) is 0.902. The molecule has 1 unspecified atom stereocenters. The fraction of sp³-hybridized carbons (Fsp3) is 0.417. The van der Waals surface area contributed by atoms with Crippen LogP contribution in [-0.2, 0) is 4.74 Å². The smallest absolute Gasteiger partial charge is 0.146 e. The topological polar surface area (TPSA) is 45.0 Å². The number of nitrogens with one attached hydrogen (secondary N) is 1. The summed E-state index contributed by atoms with van der Waals surface area (Å²) in [5.74, 6) is 0. The summed E-state index contributed by atoms with van der Waals surface area (Å²) in [4.78, 5) is 0. The lowest BCUT2D eigenvalue weighted by atomic mass is 10.1. The molecule has 0 aliphatic heterocycles. The van der Waals surface area contributed by atoms with Gasteiger partial charge in [-0.1, -0.05) is 15.9 Å². The van der Waals surface area contributed by atoms with Crippen LogP contribution in [0.3, 0.4) is 0 Å². The largest absolute Gasteiger partial charge is 0.378 e. The second-order valence-electron chi connectivity index (χ2n) is 3.71. The summed E-state index contributed by atoms with van der Waals surface area (Å²) in [6.07, 6.45) is 0. The predicted octanol–water partition coefficient (Wildman–Crippen LogP) is 3.18. The zero-order valence-electron chi connectivity index (χ0n) is 9.46. The Morgan fingerprint density at radius 3 is 2.56 bits per heavy atom. The summed E-state index contributed by atoms with van der Waals surface area (Å²) in [5.41, 5.74) is 0.219. The van der Waals surface area contributed by atoms with E-state index in [0.29, 0.717) is 13.2 Å². The van der Waals surface area contributed by atoms with Gasteiger partial charge in [0.2, 0.25) is 0 Å². The molecule has 0 bridgehead atoms. The maximum atomic E-state index is 9.13. The van der Waals surface area contributed by atoms with Gasteiger partial charge in [0.25, 0.3) is 0 Å². The Hall–Kier alpha value is -1.05. The number of hydrogen-bond acceptors (Lipinski definition) is 3. The molecule has 1 aromatic rings. The van der Waals surface area contributed by atoms with Crippen LogP contribution in [0.1, 0.15) is 13.8 Å². The van der Waals surface area contributed by atoms with E-state index in [-0.39, 0.29) is 0 Å². The maximum Gasteiger partial charge on any atom is 0.146 e. The van der Waals surface area contributed by atoms with E-state index in [2.05, 4.69) is 27.3 Å². The van der Waals surface area contributed by atoms with E-state index in [4.69, 9.17) is 10.00 Å². The van der Waals surface area contributed by atoms with Crippen molar-refractivity contribution in [2.45, 2.75) is 19.4 Å². The van der Waals surface area contributed by atoms with Gasteiger partial charge < -0.3 is 10.1 Å². The monoisotopic (exact) mass is 282 g/mol. The second-order valence-corrected chi connectivity index (χ2v) is 4.63. The summed E-state index contributed by atoms with van der Waals surface area (Å²) in [6, 6.07) is 9.94. The SMILES string of the molecule is CCOCC(C)(C#N)Nc1ccc(Br)cc1. The van der Waals surface area contributed by atoms with Crippen molar-refractivity contribution in [2.75, 3.05) is 18.5 Å². The number of halogens is 1. The Morgan fingerprint density at radius 2 is 2.06 bits per heavy atom. The molecule has 0 saturated heterocycles. The molecule has 0 radical (unpaired) electrons. The molecular weight excluding hydrogens is 268 g/mol. The number of ether oxygens (including phenoxy) is 1. The summed E-state index contributed by atoms with van der Waals surface area (Å²) in [7, 11) is 0. The molecule has 4 heteroatoms. The van der Waals surface area contributed by atoms with Gasteiger partial charge in [0.05, 0.1) is 12.7 Å². The van der Waals surface area contributed by atoms with Crippen LogP contribution in [0.2, 0.25) is 0 Å². The average molecular weight is 283 g/mol. The van der Waals surface area contributed by atoms with Gasteiger partial charge in [0.1, 0.15) is 5.54 Å². The Kier molecular flexibility index (Phi) is 4.78. The molecule has 0 aliphatic rings. The molecule has 1 atom stereocenters. The van der Waals surface area contributed by atoms with Crippen molar-refractivity contribution in [3.05, 3.63) is 28.7 Å². The number of rotatable bonds is 5. The lowest BCUT2D eigenvalue weighted by Crippen LogP contribution is -2.38. The first-order chi connectivity index (χ1) is 7.59. The van der Waals surface area contributed by atoms with Gasteiger partial charge in [-0.15, -0.1) is 0 Å². The zero-order chi connectivity index (χ0) is 12.0. The Balaban J connectivity index is 2.69. The van der Waals surface area contributed by atoms with Crippen molar-refractivity contribution in [2.24, 2.45) is 0 Å². The van der Waals surface area contributed by atoms with Gasteiger partial charge in [-0.05, 0) is 38.1 Å². The minimum atomic E-state index is -0.691. The van der Waals surface area contributed by atoms with E-state index >= 15 is 0 Å². The molecule has 0 saturated carbocycles. The minimum absolute atomic E-state index is 0.371. The van der Waals surface area contributed by atoms with Gasteiger partial charge in [-0.2, -0.15) is 5.26 Å². The Bertz CT molecular complexity index is 372. The van der Waals surface area contributed by atoms with Crippen LogP contribution in [0.25, 0.3) is 0 Å². The molecule has 0 aliphatic carbocycles. The fourth-order valence-electron chi connectivity index (χ4n) is 1.25. The van der Waals surface area contributed by atoms with E-state index in [9.17, 15) is 0 Å². The van der Waals surface area contributed by atoms with E-state index in [0.717, 1.165) is 10.2 Å². The van der Waals surface area contributed by atoms with E-state index in [1.165, 1.54) is 0 Å². The molecule has 0 aromatic heterocycles. The highest BCUT2D eigenvalue weighted by Crippen LogP contribution is 2.18. The standard InChI is InChI=1S/C12H15BrN2O/c1-3-16-9-12(2,8-14)15-11-6-4-10(13)5-7-11/h4-7,15H,3,9H2,1-2H3. The summed E-state index contributed by atoms with van der Waals surface area (Å²) < 4.78 is 6.31. The predicted molar refractivity (Wildman–Crippen MR) is 68.3 cm³/mol. The summed E-state index contributed by atoms with van der Waals surface area (Å²) in [5, 5.41) is 12.3. The molecular formula is C12H15BrN2O. The van der Waals surface area contributed by atoms with E-state index < -0.39 is 5.54 Å². The highest BCUT2D eigenvalue weighted by Gasteiger charge is 2.23. The molecule has 1 aromatic carbocycles. The van der Waals surface area contributed by atoms with Crippen molar-refractivity contribution in [1.82, 2.24) is 0 Å². The first kappa shape index (κ1) is 13.0. The molecule has 3 nitrogen and oxygen atoms in total. The third-order valence-electron chi connectivity index (χ3n) is 2.11. The highest BCUT2D eigenvalue weighted by atomic mass is 79.9. The van der Waals surface area contributed by atoms with Crippen molar-refractivity contribution < 1.29 is 4.74 Å². The molecule has 86 valence electrons.